The van der Waals surface area contributed by atoms with Crippen LogP contribution in [0.2, 0.25) is 0 Å². The maximum absolute atomic E-state index is 15.2. The Labute approximate surface area is 249 Å². The van der Waals surface area contributed by atoms with Crippen molar-refractivity contribution in [1.29, 1.82) is 0 Å². The maximum atomic E-state index is 15.2. The molecule has 1 aromatic carbocycles. The van der Waals surface area contributed by atoms with Crippen LogP contribution >= 0.6 is 0 Å². The van der Waals surface area contributed by atoms with Crippen molar-refractivity contribution in [2.75, 3.05) is 29.9 Å². The molecule has 2 amide bonds. The predicted octanol–water partition coefficient (Wildman–Crippen LogP) is 6.18. The summed E-state index contributed by atoms with van der Waals surface area (Å²) in [6.07, 6.45) is 5.55. The number of carbonyl (C=O) groups is 2. The number of hydrogen-bond acceptors (Lipinski definition) is 8. The van der Waals surface area contributed by atoms with Gasteiger partial charge in [-0.2, -0.15) is 4.39 Å². The third-order valence-electron chi connectivity index (χ3n) is 7.44. The zero-order valence-corrected chi connectivity index (χ0v) is 24.8. The molecule has 2 atom stereocenters. The average Bonchev–Trinajstić information content (AvgIpc) is 3.35. The van der Waals surface area contributed by atoms with Crippen LogP contribution < -0.4 is 15.0 Å². The van der Waals surface area contributed by atoms with Crippen molar-refractivity contribution in [2.45, 2.75) is 65.0 Å². The molecule has 0 saturated carbocycles. The van der Waals surface area contributed by atoms with Crippen molar-refractivity contribution in [2.24, 2.45) is 5.92 Å². The molecule has 2 saturated heterocycles. The quantitative estimate of drug-likeness (QED) is 0.345. The number of anilines is 2. The highest BCUT2D eigenvalue weighted by molar-refractivity contribution is 5.97. The summed E-state index contributed by atoms with van der Waals surface area (Å²) in [6, 6.07) is 7.60. The number of amides is 2. The number of piperidine rings is 1. The van der Waals surface area contributed by atoms with Gasteiger partial charge in [0, 0.05) is 44.0 Å². The van der Waals surface area contributed by atoms with Crippen LogP contribution in [0, 0.1) is 17.6 Å². The molecule has 0 aliphatic carbocycles. The van der Waals surface area contributed by atoms with E-state index in [9.17, 15) is 9.59 Å². The second-order valence-corrected chi connectivity index (χ2v) is 11.7. The van der Waals surface area contributed by atoms with Gasteiger partial charge in [0.2, 0.25) is 23.6 Å². The number of pyridine rings is 1. The van der Waals surface area contributed by atoms with Gasteiger partial charge < -0.3 is 24.6 Å². The van der Waals surface area contributed by atoms with Crippen molar-refractivity contribution in [3.05, 3.63) is 54.4 Å². The van der Waals surface area contributed by atoms with Crippen molar-refractivity contribution >= 4 is 23.6 Å². The minimum absolute atomic E-state index is 0.0234. The summed E-state index contributed by atoms with van der Waals surface area (Å²) in [6.45, 7) is 8.78. The fourth-order valence-corrected chi connectivity index (χ4v) is 5.29. The second kappa shape index (κ2) is 12.5. The van der Waals surface area contributed by atoms with Gasteiger partial charge in [-0.25, -0.2) is 24.1 Å². The topological polar surface area (TPSA) is 110 Å². The van der Waals surface area contributed by atoms with E-state index >= 15 is 8.78 Å². The number of carbonyl (C=O) groups excluding carboxylic acids is 2. The highest BCUT2D eigenvalue weighted by atomic mass is 19.2. The molecule has 2 aromatic heterocycles. The first-order valence-corrected chi connectivity index (χ1v) is 14.5. The van der Waals surface area contributed by atoms with Gasteiger partial charge in [0.1, 0.15) is 5.60 Å². The number of aromatic nitrogens is 3. The highest BCUT2D eigenvalue weighted by Gasteiger charge is 2.34. The number of ether oxygens (including phenoxy) is 2. The van der Waals surface area contributed by atoms with Crippen LogP contribution in [-0.2, 0) is 9.53 Å². The summed E-state index contributed by atoms with van der Waals surface area (Å²) in [4.78, 5) is 41.3. The molecule has 2 fully saturated rings. The molecule has 0 radical (unpaired) electrons. The number of halogens is 2. The lowest BCUT2D eigenvalue weighted by Crippen LogP contribution is -2.47. The van der Waals surface area contributed by atoms with Crippen LogP contribution in [0.3, 0.4) is 0 Å². The Hall–Kier alpha value is -4.35. The van der Waals surface area contributed by atoms with E-state index in [1.54, 1.807) is 29.3 Å². The minimum atomic E-state index is -1.21. The Morgan fingerprint density at radius 1 is 1.07 bits per heavy atom. The Kier molecular flexibility index (Phi) is 8.74. The molecule has 2 aliphatic rings. The molecule has 3 aromatic rings. The van der Waals surface area contributed by atoms with Gasteiger partial charge in [0.15, 0.2) is 11.6 Å². The smallest absolute Gasteiger partial charge is 0.410 e. The van der Waals surface area contributed by atoms with Gasteiger partial charge in [-0.3, -0.25) is 4.79 Å². The molecule has 0 spiro atoms. The molecule has 0 bridgehead atoms. The Morgan fingerprint density at radius 3 is 2.63 bits per heavy atom. The van der Waals surface area contributed by atoms with Gasteiger partial charge in [-0.1, -0.05) is 6.92 Å². The van der Waals surface area contributed by atoms with E-state index in [1.807, 2.05) is 27.7 Å². The Morgan fingerprint density at radius 2 is 1.88 bits per heavy atom. The molecular formula is C31H36F2N6O4. The van der Waals surface area contributed by atoms with Gasteiger partial charge >= 0.3 is 6.09 Å². The Bertz CT molecular complexity index is 1500. The molecular weight excluding hydrogens is 558 g/mol. The molecule has 228 valence electrons. The van der Waals surface area contributed by atoms with Gasteiger partial charge in [0.25, 0.3) is 0 Å². The summed E-state index contributed by atoms with van der Waals surface area (Å²) in [5, 5.41) is 3.29. The molecule has 43 heavy (non-hydrogen) atoms. The lowest BCUT2D eigenvalue weighted by molar-refractivity contribution is -0.120. The van der Waals surface area contributed by atoms with E-state index in [4.69, 9.17) is 9.47 Å². The number of likely N-dealkylation sites (tertiary alicyclic amines) is 1. The van der Waals surface area contributed by atoms with Crippen LogP contribution in [0.5, 0.6) is 11.6 Å². The summed E-state index contributed by atoms with van der Waals surface area (Å²) in [7, 11) is 0. The van der Waals surface area contributed by atoms with Crippen molar-refractivity contribution in [1.82, 2.24) is 19.9 Å². The maximum Gasteiger partial charge on any atom is 0.410 e. The second-order valence-electron chi connectivity index (χ2n) is 11.7. The van der Waals surface area contributed by atoms with E-state index < -0.39 is 17.2 Å². The SMILES string of the molecule is CCC1CCN(c2ccc(Oc3ncccc3-c3ccnc(N[C@H]4CCCN(C(=O)OC(C)(C)C)C4)n3)c(F)c2F)C1=O. The number of nitrogens with zero attached hydrogens (tertiary/aromatic N) is 5. The van der Waals surface area contributed by atoms with E-state index in [-0.39, 0.29) is 41.3 Å². The van der Waals surface area contributed by atoms with Crippen LogP contribution in [-0.4, -0.2) is 63.1 Å². The number of benzene rings is 1. The number of nitrogens with one attached hydrogen (secondary N) is 1. The lowest BCUT2D eigenvalue weighted by atomic mass is 10.1. The third kappa shape index (κ3) is 6.84. The first kappa shape index (κ1) is 30.1. The van der Waals surface area contributed by atoms with Gasteiger partial charge in [-0.05, 0) is 76.8 Å². The summed E-state index contributed by atoms with van der Waals surface area (Å²) in [5.74, 6) is -2.76. The zero-order valence-electron chi connectivity index (χ0n) is 24.8. The normalized spacial score (nSPS) is 19.0. The largest absolute Gasteiger partial charge is 0.444 e. The first-order chi connectivity index (χ1) is 20.5. The highest BCUT2D eigenvalue weighted by Crippen LogP contribution is 2.37. The average molecular weight is 595 g/mol. The van der Waals surface area contributed by atoms with Gasteiger partial charge in [-0.15, -0.1) is 0 Å². The summed E-state index contributed by atoms with van der Waals surface area (Å²) in [5.41, 5.74) is 0.203. The molecule has 4 heterocycles. The zero-order chi connectivity index (χ0) is 30.7. The van der Waals surface area contributed by atoms with E-state index in [0.29, 0.717) is 49.7 Å². The van der Waals surface area contributed by atoms with E-state index in [0.717, 1.165) is 12.8 Å². The van der Waals surface area contributed by atoms with Crippen molar-refractivity contribution in [3.8, 4) is 22.9 Å². The molecule has 10 nitrogen and oxygen atoms in total. The monoisotopic (exact) mass is 594 g/mol. The molecule has 1 N–H and O–H groups in total. The third-order valence-corrected chi connectivity index (χ3v) is 7.44. The van der Waals surface area contributed by atoms with Crippen LogP contribution in [0.4, 0.5) is 25.2 Å². The van der Waals surface area contributed by atoms with E-state index in [1.165, 1.54) is 23.2 Å². The fourth-order valence-electron chi connectivity index (χ4n) is 5.29. The fraction of sp³-hybridized carbons (Fsp3) is 0.452. The molecule has 12 heteroatoms. The minimum Gasteiger partial charge on any atom is -0.444 e. The van der Waals surface area contributed by atoms with Crippen LogP contribution in [0.15, 0.2) is 42.7 Å². The van der Waals surface area contributed by atoms with Crippen LogP contribution in [0.25, 0.3) is 11.3 Å². The summed E-state index contributed by atoms with van der Waals surface area (Å²) >= 11 is 0. The Balaban J connectivity index is 1.32. The molecule has 5 rings (SSSR count). The van der Waals surface area contributed by atoms with E-state index in [2.05, 4.69) is 20.3 Å². The van der Waals surface area contributed by atoms with Crippen molar-refractivity contribution in [3.63, 3.8) is 0 Å². The lowest BCUT2D eigenvalue weighted by Gasteiger charge is -2.34. The molecule has 2 aliphatic heterocycles. The van der Waals surface area contributed by atoms with Gasteiger partial charge in [0.05, 0.1) is 16.9 Å². The summed E-state index contributed by atoms with van der Waals surface area (Å²) < 4.78 is 41.6. The molecule has 1 unspecified atom stereocenters. The number of rotatable bonds is 7. The first-order valence-electron chi connectivity index (χ1n) is 14.5. The van der Waals surface area contributed by atoms with Crippen molar-refractivity contribution < 1.29 is 27.8 Å². The van der Waals surface area contributed by atoms with Crippen LogP contribution in [0.1, 0.15) is 53.4 Å². The standard InChI is InChI=1S/C31H36F2N6O4/c1-5-19-13-17-39(28(19)40)23-10-11-24(26(33)25(23)32)42-27-21(9-6-14-34-27)22-12-15-35-29(37-22)36-20-8-7-16-38(18-20)30(41)43-31(2,3)4/h6,9-12,14-15,19-20H,5,7-8,13,16-18H2,1-4H3,(H,35,36,37)/t19?,20-/m0/s1. The predicted molar refractivity (Wildman–Crippen MR) is 157 cm³/mol. The number of hydrogen-bond donors (Lipinski definition) is 1.